The molecule has 0 radical (unpaired) electrons. The number of rotatable bonds is 4. The van der Waals surface area contributed by atoms with Crippen LogP contribution >= 0.6 is 0 Å². The minimum atomic E-state index is -4.45. The van der Waals surface area contributed by atoms with Gasteiger partial charge in [-0.2, -0.15) is 18.3 Å². The Morgan fingerprint density at radius 2 is 1.86 bits per heavy atom. The summed E-state index contributed by atoms with van der Waals surface area (Å²) in [6.45, 7) is 0.117. The van der Waals surface area contributed by atoms with Crippen LogP contribution in [0.2, 0.25) is 0 Å². The summed E-state index contributed by atoms with van der Waals surface area (Å²) in [6, 6.07) is 12.6. The molecule has 0 unspecified atom stereocenters. The van der Waals surface area contributed by atoms with Crippen LogP contribution in [0.4, 0.5) is 17.6 Å². The van der Waals surface area contributed by atoms with Crippen molar-refractivity contribution in [2.45, 2.75) is 18.9 Å². The fourth-order valence-corrected chi connectivity index (χ4v) is 3.27. The standard InChI is InChI=1S/C20H16F4N4O/c21-14-7-5-12(6-8-14)16-9-17-19(29)26-11-18(28(17)27-16)25-10-13-3-1-2-4-15(13)20(22,23)24/h1-9,18,25H,10-11H2,(H,26,29)/t18-/m1/s1. The van der Waals surface area contributed by atoms with E-state index in [1.807, 2.05) is 0 Å². The van der Waals surface area contributed by atoms with Crippen LogP contribution in [0, 0.1) is 5.82 Å². The molecule has 0 bridgehead atoms. The zero-order chi connectivity index (χ0) is 20.6. The summed E-state index contributed by atoms with van der Waals surface area (Å²) in [4.78, 5) is 12.2. The fourth-order valence-electron chi connectivity index (χ4n) is 3.27. The lowest BCUT2D eigenvalue weighted by atomic mass is 10.1. The van der Waals surface area contributed by atoms with Crippen LogP contribution in [0.15, 0.2) is 54.6 Å². The minimum absolute atomic E-state index is 0.0542. The molecule has 2 heterocycles. The molecule has 1 aliphatic rings. The van der Waals surface area contributed by atoms with E-state index in [0.29, 0.717) is 11.3 Å². The number of carbonyl (C=O) groups excluding carboxylic acids is 1. The lowest BCUT2D eigenvalue weighted by Gasteiger charge is -2.26. The number of nitrogens with one attached hydrogen (secondary N) is 2. The van der Waals surface area contributed by atoms with Gasteiger partial charge in [-0.3, -0.25) is 10.1 Å². The van der Waals surface area contributed by atoms with Crippen molar-refractivity contribution >= 4 is 5.91 Å². The first-order valence-electron chi connectivity index (χ1n) is 8.85. The summed E-state index contributed by atoms with van der Waals surface area (Å²) in [5.41, 5.74) is 0.767. The Bertz CT molecular complexity index is 1040. The number of aromatic nitrogens is 2. The van der Waals surface area contributed by atoms with Gasteiger partial charge >= 0.3 is 6.18 Å². The number of fused-ring (bicyclic) bond motifs is 1. The van der Waals surface area contributed by atoms with Crippen molar-refractivity contribution < 1.29 is 22.4 Å². The zero-order valence-electron chi connectivity index (χ0n) is 15.0. The zero-order valence-corrected chi connectivity index (χ0v) is 15.0. The van der Waals surface area contributed by atoms with E-state index in [9.17, 15) is 22.4 Å². The van der Waals surface area contributed by atoms with E-state index in [4.69, 9.17) is 0 Å². The van der Waals surface area contributed by atoms with Crippen molar-refractivity contribution in [3.63, 3.8) is 0 Å². The first-order chi connectivity index (χ1) is 13.8. The maximum Gasteiger partial charge on any atom is 0.416 e. The van der Waals surface area contributed by atoms with Gasteiger partial charge in [-0.25, -0.2) is 9.07 Å². The van der Waals surface area contributed by atoms with Gasteiger partial charge in [0.25, 0.3) is 5.91 Å². The molecule has 1 atom stereocenters. The van der Waals surface area contributed by atoms with Crippen molar-refractivity contribution in [1.29, 1.82) is 0 Å². The Balaban J connectivity index is 1.59. The van der Waals surface area contributed by atoms with Crippen molar-refractivity contribution in [1.82, 2.24) is 20.4 Å². The van der Waals surface area contributed by atoms with E-state index in [2.05, 4.69) is 15.7 Å². The van der Waals surface area contributed by atoms with Crippen molar-refractivity contribution in [3.8, 4) is 11.3 Å². The number of nitrogens with zero attached hydrogens (tertiary/aromatic N) is 2. The third-order valence-electron chi connectivity index (χ3n) is 4.71. The lowest BCUT2D eigenvalue weighted by molar-refractivity contribution is -0.138. The van der Waals surface area contributed by atoms with E-state index in [0.717, 1.165) is 6.07 Å². The summed E-state index contributed by atoms with van der Waals surface area (Å²) in [5, 5.41) is 10.1. The summed E-state index contributed by atoms with van der Waals surface area (Å²) in [6.07, 6.45) is -4.98. The molecule has 2 aromatic carbocycles. The highest BCUT2D eigenvalue weighted by molar-refractivity contribution is 5.94. The summed E-state index contributed by atoms with van der Waals surface area (Å²) in [5.74, 6) is -0.724. The summed E-state index contributed by atoms with van der Waals surface area (Å²) < 4.78 is 54.2. The van der Waals surface area contributed by atoms with Crippen molar-refractivity contribution in [2.75, 3.05) is 6.54 Å². The maximum atomic E-state index is 13.2. The summed E-state index contributed by atoms with van der Waals surface area (Å²) >= 11 is 0. The Labute approximate surface area is 163 Å². The molecule has 0 saturated heterocycles. The van der Waals surface area contributed by atoms with Gasteiger partial charge in [-0.1, -0.05) is 18.2 Å². The molecule has 5 nitrogen and oxygen atoms in total. The van der Waals surface area contributed by atoms with E-state index in [1.54, 1.807) is 24.3 Å². The number of benzene rings is 2. The van der Waals surface area contributed by atoms with Crippen LogP contribution in [0.3, 0.4) is 0 Å². The highest BCUT2D eigenvalue weighted by Crippen LogP contribution is 2.32. The molecule has 4 rings (SSSR count). The van der Waals surface area contributed by atoms with Gasteiger partial charge in [0, 0.05) is 12.1 Å². The molecule has 0 fully saturated rings. The van der Waals surface area contributed by atoms with Crippen LogP contribution < -0.4 is 10.6 Å². The molecule has 2 N–H and O–H groups in total. The van der Waals surface area contributed by atoms with Crippen LogP contribution in [0.1, 0.15) is 27.8 Å². The molecule has 0 saturated carbocycles. The predicted molar refractivity (Wildman–Crippen MR) is 97.3 cm³/mol. The third-order valence-corrected chi connectivity index (χ3v) is 4.71. The fraction of sp³-hybridized carbons (Fsp3) is 0.200. The second kappa shape index (κ2) is 7.32. The highest BCUT2D eigenvalue weighted by atomic mass is 19.4. The Kier molecular flexibility index (Phi) is 4.83. The van der Waals surface area contributed by atoms with Crippen LogP contribution in [-0.4, -0.2) is 22.2 Å². The quantitative estimate of drug-likeness (QED) is 0.652. The SMILES string of the molecule is O=C1NC[C@H](NCc2ccccc2C(F)(F)F)n2nc(-c3ccc(F)cc3)cc21. The molecule has 3 aromatic rings. The van der Waals surface area contributed by atoms with E-state index >= 15 is 0 Å². The molecule has 29 heavy (non-hydrogen) atoms. The average Bonchev–Trinajstić information content (AvgIpc) is 3.14. The van der Waals surface area contributed by atoms with Gasteiger partial charge in [0.05, 0.1) is 17.8 Å². The lowest BCUT2D eigenvalue weighted by Crippen LogP contribution is -2.45. The predicted octanol–water partition coefficient (Wildman–Crippen LogP) is 3.74. The van der Waals surface area contributed by atoms with E-state index in [-0.39, 0.29) is 30.3 Å². The molecular formula is C20H16F4N4O. The van der Waals surface area contributed by atoms with Crippen LogP contribution in [0.25, 0.3) is 11.3 Å². The third kappa shape index (κ3) is 3.86. The largest absolute Gasteiger partial charge is 0.416 e. The van der Waals surface area contributed by atoms with E-state index < -0.39 is 23.7 Å². The Hall–Kier alpha value is -3.20. The van der Waals surface area contributed by atoms with Crippen LogP contribution in [-0.2, 0) is 12.7 Å². The first-order valence-corrected chi connectivity index (χ1v) is 8.85. The average molecular weight is 404 g/mol. The van der Waals surface area contributed by atoms with Crippen molar-refractivity contribution in [3.05, 3.63) is 77.2 Å². The molecule has 1 aromatic heterocycles. The molecule has 1 amide bonds. The Morgan fingerprint density at radius 3 is 2.59 bits per heavy atom. The topological polar surface area (TPSA) is 59.0 Å². The van der Waals surface area contributed by atoms with Gasteiger partial charge < -0.3 is 5.32 Å². The molecule has 1 aliphatic heterocycles. The minimum Gasteiger partial charge on any atom is -0.347 e. The summed E-state index contributed by atoms with van der Waals surface area (Å²) in [7, 11) is 0. The number of amides is 1. The van der Waals surface area contributed by atoms with Gasteiger partial charge in [0.2, 0.25) is 0 Å². The monoisotopic (exact) mass is 404 g/mol. The highest BCUT2D eigenvalue weighted by Gasteiger charge is 2.33. The Morgan fingerprint density at radius 1 is 1.14 bits per heavy atom. The molecule has 150 valence electrons. The van der Waals surface area contributed by atoms with Gasteiger partial charge in [0.15, 0.2) is 0 Å². The normalized spacial score (nSPS) is 16.4. The molecular weight excluding hydrogens is 388 g/mol. The molecule has 0 aliphatic carbocycles. The second-order valence-electron chi connectivity index (χ2n) is 6.63. The smallest absolute Gasteiger partial charge is 0.347 e. The van der Waals surface area contributed by atoms with Gasteiger partial charge in [-0.15, -0.1) is 0 Å². The molecule has 9 heteroatoms. The number of carbonyl (C=O) groups is 1. The van der Waals surface area contributed by atoms with Crippen LogP contribution in [0.5, 0.6) is 0 Å². The first kappa shape index (κ1) is 19.1. The van der Waals surface area contributed by atoms with Crippen molar-refractivity contribution in [2.24, 2.45) is 0 Å². The van der Waals surface area contributed by atoms with Gasteiger partial charge in [0.1, 0.15) is 17.7 Å². The number of alkyl halides is 3. The number of hydrogen-bond donors (Lipinski definition) is 2. The number of hydrogen-bond acceptors (Lipinski definition) is 3. The molecule has 0 spiro atoms. The van der Waals surface area contributed by atoms with Gasteiger partial charge in [-0.05, 0) is 42.0 Å². The van der Waals surface area contributed by atoms with E-state index in [1.165, 1.54) is 28.9 Å². The maximum absolute atomic E-state index is 13.2. The number of halogens is 4. The second-order valence-corrected chi connectivity index (χ2v) is 6.63.